The van der Waals surface area contributed by atoms with Crippen molar-refractivity contribution < 1.29 is 14.3 Å². The minimum absolute atomic E-state index is 0.0866. The first-order valence-electron chi connectivity index (χ1n) is 9.28. The number of anilines is 1. The molecule has 3 saturated heterocycles. The predicted molar refractivity (Wildman–Crippen MR) is 95.9 cm³/mol. The Hall–Kier alpha value is -2.68. The molecule has 2 bridgehead atoms. The van der Waals surface area contributed by atoms with Gasteiger partial charge in [0.05, 0.1) is 25.0 Å². The molecule has 3 fully saturated rings. The van der Waals surface area contributed by atoms with Crippen molar-refractivity contribution in [2.24, 2.45) is 11.8 Å². The average molecular weight is 370 g/mol. The molecule has 0 saturated carbocycles. The molecule has 9 nitrogen and oxygen atoms in total. The summed E-state index contributed by atoms with van der Waals surface area (Å²) in [6.07, 6.45) is 2.94. The van der Waals surface area contributed by atoms with E-state index in [1.165, 1.54) is 0 Å². The largest absolute Gasteiger partial charge is 0.497 e. The first-order valence-corrected chi connectivity index (χ1v) is 9.28. The van der Waals surface area contributed by atoms with Gasteiger partial charge in [0.15, 0.2) is 5.82 Å². The third kappa shape index (κ3) is 2.73. The van der Waals surface area contributed by atoms with Gasteiger partial charge < -0.3 is 19.7 Å². The van der Waals surface area contributed by atoms with Gasteiger partial charge in [-0.1, -0.05) is 0 Å². The first-order chi connectivity index (χ1) is 13.1. The van der Waals surface area contributed by atoms with E-state index in [0.717, 1.165) is 31.6 Å². The van der Waals surface area contributed by atoms with Crippen LogP contribution in [0.4, 0.5) is 10.5 Å². The molecule has 1 aromatic heterocycles. The number of aryl methyl sites for hydroxylation is 1. The number of hydrogen-bond donors (Lipinski definition) is 1. The molecule has 5 rings (SSSR count). The van der Waals surface area contributed by atoms with Crippen molar-refractivity contribution in [3.63, 3.8) is 0 Å². The Balaban J connectivity index is 1.35. The Morgan fingerprint density at radius 3 is 2.59 bits per heavy atom. The van der Waals surface area contributed by atoms with Crippen molar-refractivity contribution in [3.05, 3.63) is 24.0 Å². The van der Waals surface area contributed by atoms with Crippen LogP contribution in [0, 0.1) is 18.8 Å². The maximum Gasteiger partial charge on any atom is 0.321 e. The minimum Gasteiger partial charge on any atom is -0.497 e. The van der Waals surface area contributed by atoms with Crippen molar-refractivity contribution in [2.45, 2.75) is 32.0 Å². The Bertz CT molecular complexity index is 866. The number of aromatic nitrogens is 4. The highest BCUT2D eigenvalue weighted by atomic mass is 16.5. The van der Waals surface area contributed by atoms with Crippen molar-refractivity contribution >= 4 is 11.7 Å². The fourth-order valence-electron chi connectivity index (χ4n) is 4.69. The number of nitrogens with zero attached hydrogens (tertiary/aromatic N) is 5. The van der Waals surface area contributed by atoms with E-state index in [2.05, 4.69) is 20.8 Å². The van der Waals surface area contributed by atoms with Gasteiger partial charge in [-0.2, -0.15) is 4.68 Å². The summed E-state index contributed by atoms with van der Waals surface area (Å²) < 4.78 is 13.0. The maximum absolute atomic E-state index is 12.8. The lowest BCUT2D eigenvalue weighted by Gasteiger charge is -2.20. The standard InChI is InChI=1S/C18H22N6O3/c1-10-20-21-22-24(10)12-5-11(6-13(7-12)26-2)19-18(25)23-8-14-15(9-23)17-4-3-16(14)27-17/h5-7,14-17H,3-4,8-9H2,1-2H3,(H,19,25)/t14-,15+,16+,17-. The fourth-order valence-corrected chi connectivity index (χ4v) is 4.69. The number of ether oxygens (including phenoxy) is 2. The molecule has 27 heavy (non-hydrogen) atoms. The number of benzene rings is 1. The van der Waals surface area contributed by atoms with Crippen LogP contribution >= 0.6 is 0 Å². The van der Waals surface area contributed by atoms with Gasteiger partial charge in [0, 0.05) is 42.7 Å². The molecule has 0 aliphatic carbocycles. The van der Waals surface area contributed by atoms with Gasteiger partial charge in [-0.15, -0.1) is 5.10 Å². The van der Waals surface area contributed by atoms with Gasteiger partial charge in [0.2, 0.25) is 0 Å². The summed E-state index contributed by atoms with van der Waals surface area (Å²) in [5, 5.41) is 14.6. The van der Waals surface area contributed by atoms with Gasteiger partial charge in [-0.3, -0.25) is 0 Å². The summed E-state index contributed by atoms with van der Waals surface area (Å²) in [4.78, 5) is 14.7. The number of methoxy groups -OCH3 is 1. The normalized spacial score (nSPS) is 28.4. The minimum atomic E-state index is -0.0866. The third-order valence-corrected chi connectivity index (χ3v) is 5.99. The third-order valence-electron chi connectivity index (χ3n) is 5.99. The Morgan fingerprint density at radius 1 is 1.22 bits per heavy atom. The lowest BCUT2D eigenvalue weighted by Crippen LogP contribution is -2.35. The van der Waals surface area contributed by atoms with Crippen LogP contribution in [-0.2, 0) is 4.74 Å². The van der Waals surface area contributed by atoms with Gasteiger partial charge in [-0.25, -0.2) is 4.79 Å². The average Bonchev–Trinajstić information content (AvgIpc) is 3.42. The summed E-state index contributed by atoms with van der Waals surface area (Å²) in [6, 6.07) is 5.38. The van der Waals surface area contributed by atoms with Crippen LogP contribution in [-0.4, -0.2) is 63.5 Å². The fraction of sp³-hybridized carbons (Fsp3) is 0.556. The molecule has 4 heterocycles. The van der Waals surface area contributed by atoms with Crippen LogP contribution in [0.15, 0.2) is 18.2 Å². The zero-order valence-electron chi connectivity index (χ0n) is 15.3. The van der Waals surface area contributed by atoms with Gasteiger partial charge in [0.25, 0.3) is 0 Å². The second kappa shape index (κ2) is 6.19. The second-order valence-corrected chi connectivity index (χ2v) is 7.51. The van der Waals surface area contributed by atoms with E-state index in [0.29, 0.717) is 41.3 Å². The van der Waals surface area contributed by atoms with Crippen molar-refractivity contribution in [1.29, 1.82) is 0 Å². The molecule has 1 aromatic carbocycles. The zero-order chi connectivity index (χ0) is 18.5. The lowest BCUT2D eigenvalue weighted by atomic mass is 9.82. The van der Waals surface area contributed by atoms with E-state index in [9.17, 15) is 4.79 Å². The number of fused-ring (bicyclic) bond motifs is 5. The highest BCUT2D eigenvalue weighted by Gasteiger charge is 2.53. The summed E-state index contributed by atoms with van der Waals surface area (Å²) in [6.45, 7) is 3.35. The molecule has 9 heteroatoms. The Labute approximate surface area is 156 Å². The molecule has 1 N–H and O–H groups in total. The molecule has 0 spiro atoms. The van der Waals surface area contributed by atoms with Gasteiger partial charge in [-0.05, 0) is 36.3 Å². The van der Waals surface area contributed by atoms with Crippen LogP contribution < -0.4 is 10.1 Å². The summed E-state index contributed by atoms with van der Waals surface area (Å²) in [7, 11) is 1.59. The molecule has 0 unspecified atom stereocenters. The molecular formula is C18H22N6O3. The smallest absolute Gasteiger partial charge is 0.321 e. The second-order valence-electron chi connectivity index (χ2n) is 7.51. The van der Waals surface area contributed by atoms with E-state index >= 15 is 0 Å². The van der Waals surface area contributed by atoms with Crippen LogP contribution in [0.25, 0.3) is 5.69 Å². The molecule has 4 atom stereocenters. The van der Waals surface area contributed by atoms with Crippen LogP contribution in [0.2, 0.25) is 0 Å². The number of carbonyl (C=O) groups excluding carboxylic acids is 1. The molecule has 2 aromatic rings. The molecule has 142 valence electrons. The number of tetrazole rings is 1. The Kier molecular flexibility index (Phi) is 3.78. The van der Waals surface area contributed by atoms with Crippen molar-refractivity contribution in [3.8, 4) is 11.4 Å². The van der Waals surface area contributed by atoms with Crippen molar-refractivity contribution in [2.75, 3.05) is 25.5 Å². The molecule has 2 amide bonds. The van der Waals surface area contributed by atoms with Gasteiger partial charge in [0.1, 0.15) is 5.75 Å². The molecule has 0 radical (unpaired) electrons. The first kappa shape index (κ1) is 16.5. The quantitative estimate of drug-likeness (QED) is 0.882. The number of urea groups is 1. The number of likely N-dealkylation sites (tertiary alicyclic amines) is 1. The molecular weight excluding hydrogens is 348 g/mol. The summed E-state index contributed by atoms with van der Waals surface area (Å²) >= 11 is 0. The van der Waals surface area contributed by atoms with Crippen LogP contribution in [0.3, 0.4) is 0 Å². The Morgan fingerprint density at radius 2 is 1.96 bits per heavy atom. The van der Waals surface area contributed by atoms with E-state index in [4.69, 9.17) is 9.47 Å². The van der Waals surface area contributed by atoms with Crippen LogP contribution in [0.1, 0.15) is 18.7 Å². The zero-order valence-corrected chi connectivity index (χ0v) is 15.3. The number of nitrogens with one attached hydrogen (secondary N) is 1. The van der Waals surface area contributed by atoms with E-state index in [1.807, 2.05) is 24.0 Å². The highest BCUT2D eigenvalue weighted by Crippen LogP contribution is 2.47. The molecule has 3 aliphatic heterocycles. The van der Waals surface area contributed by atoms with E-state index in [1.54, 1.807) is 17.9 Å². The number of hydrogen-bond acceptors (Lipinski definition) is 6. The summed E-state index contributed by atoms with van der Waals surface area (Å²) in [5.74, 6) is 2.25. The number of carbonyl (C=O) groups is 1. The van der Waals surface area contributed by atoms with Gasteiger partial charge >= 0.3 is 6.03 Å². The van der Waals surface area contributed by atoms with E-state index in [-0.39, 0.29) is 6.03 Å². The summed E-state index contributed by atoms with van der Waals surface area (Å²) in [5.41, 5.74) is 1.39. The SMILES string of the molecule is COc1cc(NC(=O)N2C[C@@H]3[C@H](C2)[C@H]2CC[C@@H]3O2)cc(-n2nnnc2C)c1. The number of amides is 2. The highest BCUT2D eigenvalue weighted by molar-refractivity contribution is 5.90. The van der Waals surface area contributed by atoms with Crippen LogP contribution in [0.5, 0.6) is 5.75 Å². The molecule has 3 aliphatic rings. The maximum atomic E-state index is 12.8. The van der Waals surface area contributed by atoms with Crippen molar-refractivity contribution in [1.82, 2.24) is 25.1 Å². The predicted octanol–water partition coefficient (Wildman–Crippen LogP) is 1.62. The lowest BCUT2D eigenvalue weighted by molar-refractivity contribution is 0.0747. The number of rotatable bonds is 3. The topological polar surface area (TPSA) is 94.4 Å². The van der Waals surface area contributed by atoms with E-state index < -0.39 is 0 Å². The monoisotopic (exact) mass is 370 g/mol.